The minimum absolute atomic E-state index is 1.34. The van der Waals surface area contributed by atoms with Crippen molar-refractivity contribution in [1.82, 2.24) is 0 Å². The van der Waals surface area contributed by atoms with Gasteiger partial charge in [-0.15, -0.1) is 3.63 Å². The van der Waals surface area contributed by atoms with Gasteiger partial charge in [0.05, 0.1) is 0 Å². The molecule has 1 rings (SSSR count). The van der Waals surface area contributed by atoms with Gasteiger partial charge in [0.25, 0.3) is 10.1 Å². The van der Waals surface area contributed by atoms with Crippen molar-refractivity contribution in [1.29, 1.82) is 0 Å². The Morgan fingerprint density at radius 3 is 1.71 bits per heavy atom. The molecule has 1 aliphatic heterocycles. The highest BCUT2D eigenvalue weighted by Gasteiger charge is 2.58. The van der Waals surface area contributed by atoms with E-state index in [1.165, 1.54) is 27.7 Å². The first-order valence-electron chi connectivity index (χ1n) is 3.82. The highest BCUT2D eigenvalue weighted by atomic mass is 32.3. The van der Waals surface area contributed by atoms with Gasteiger partial charge in [-0.3, -0.25) is 0 Å². The molecule has 1 saturated heterocycles. The van der Waals surface area contributed by atoms with E-state index in [2.05, 4.69) is 7.81 Å². The molecule has 0 radical (unpaired) electrons. The van der Waals surface area contributed by atoms with Gasteiger partial charge in [-0.2, -0.15) is 16.8 Å². The van der Waals surface area contributed by atoms with Gasteiger partial charge in [-0.05, 0) is 27.7 Å². The highest BCUT2D eigenvalue weighted by molar-refractivity contribution is 7.99. The van der Waals surface area contributed by atoms with Gasteiger partial charge in [0, 0.05) is 0 Å². The Balaban J connectivity index is 3.43. The molecule has 1 heterocycles. The molecule has 14 heavy (non-hydrogen) atoms. The van der Waals surface area contributed by atoms with E-state index in [9.17, 15) is 16.8 Å². The van der Waals surface area contributed by atoms with E-state index in [-0.39, 0.29) is 0 Å². The van der Waals surface area contributed by atoms with Crippen LogP contribution >= 0.6 is 0 Å². The SMILES string of the molecule is CC1(C)OS(=O)(=O)OS(=O)(=O)C1(C)C. The Morgan fingerprint density at radius 1 is 0.929 bits per heavy atom. The monoisotopic (exact) mass is 244 g/mol. The molecule has 6 nitrogen and oxygen atoms in total. The van der Waals surface area contributed by atoms with Crippen LogP contribution < -0.4 is 0 Å². The number of hydrogen-bond donors (Lipinski definition) is 0. The normalized spacial score (nSPS) is 32.3. The lowest BCUT2D eigenvalue weighted by atomic mass is 9.94. The minimum atomic E-state index is -4.46. The molecule has 1 fully saturated rings. The number of hydrogen-bond acceptors (Lipinski definition) is 6. The zero-order chi connectivity index (χ0) is 11.4. The van der Waals surface area contributed by atoms with Crippen molar-refractivity contribution in [3.63, 3.8) is 0 Å². The zero-order valence-corrected chi connectivity index (χ0v) is 9.90. The van der Waals surface area contributed by atoms with E-state index >= 15 is 0 Å². The summed E-state index contributed by atoms with van der Waals surface area (Å²) in [5.74, 6) is 0. The second kappa shape index (κ2) is 2.69. The average molecular weight is 244 g/mol. The molecule has 84 valence electrons. The summed E-state index contributed by atoms with van der Waals surface area (Å²) >= 11 is 0. The summed E-state index contributed by atoms with van der Waals surface area (Å²) in [6.45, 7) is 5.45. The molecule has 0 spiro atoms. The van der Waals surface area contributed by atoms with Gasteiger partial charge in [0.15, 0.2) is 0 Å². The summed E-state index contributed by atoms with van der Waals surface area (Å²) < 4.78 is 51.9. The molecule has 0 amide bonds. The Kier molecular flexibility index (Phi) is 2.28. The maximum absolute atomic E-state index is 11.5. The van der Waals surface area contributed by atoms with Gasteiger partial charge in [-0.1, -0.05) is 0 Å². The molecule has 1 aliphatic rings. The van der Waals surface area contributed by atoms with Gasteiger partial charge < -0.3 is 0 Å². The Labute approximate surface area is 83.7 Å². The molecular weight excluding hydrogens is 232 g/mol. The van der Waals surface area contributed by atoms with Gasteiger partial charge in [0.1, 0.15) is 10.3 Å². The third-order valence-electron chi connectivity index (χ3n) is 2.56. The molecule has 0 saturated carbocycles. The third-order valence-corrected chi connectivity index (χ3v) is 6.30. The van der Waals surface area contributed by atoms with Crippen LogP contribution in [0.25, 0.3) is 0 Å². The predicted molar refractivity (Wildman–Crippen MR) is 48.2 cm³/mol. The van der Waals surface area contributed by atoms with Crippen LogP contribution in [0.1, 0.15) is 27.7 Å². The van der Waals surface area contributed by atoms with E-state index in [1.54, 1.807) is 0 Å². The lowest BCUT2D eigenvalue weighted by molar-refractivity contribution is 0.0495. The molecular formula is C6H12O6S2. The first kappa shape index (κ1) is 11.9. The summed E-state index contributed by atoms with van der Waals surface area (Å²) in [5.41, 5.74) is -1.36. The third kappa shape index (κ3) is 1.56. The summed E-state index contributed by atoms with van der Waals surface area (Å²) in [7, 11) is -8.65. The van der Waals surface area contributed by atoms with Crippen LogP contribution in [0.3, 0.4) is 0 Å². The predicted octanol–water partition coefficient (Wildman–Crippen LogP) is 0.165. The van der Waals surface area contributed by atoms with Gasteiger partial charge in [-0.25, -0.2) is 4.18 Å². The van der Waals surface area contributed by atoms with Crippen molar-refractivity contribution in [2.45, 2.75) is 38.0 Å². The summed E-state index contributed by atoms with van der Waals surface area (Å²) in [4.78, 5) is 0. The van der Waals surface area contributed by atoms with Gasteiger partial charge in [0.2, 0.25) is 0 Å². The largest absolute Gasteiger partial charge is 0.415 e. The van der Waals surface area contributed by atoms with Crippen LogP contribution in [0.2, 0.25) is 0 Å². The van der Waals surface area contributed by atoms with Crippen molar-refractivity contribution in [3.05, 3.63) is 0 Å². The standard InChI is InChI=1S/C6H12O6S2/c1-5(2)6(3,4)13(7,8)12-14(9,10)11-5/h1-4H3. The maximum Gasteiger partial charge on any atom is 0.415 e. The average Bonchev–Trinajstić information content (AvgIpc) is 1.77. The lowest BCUT2D eigenvalue weighted by Gasteiger charge is -2.41. The lowest BCUT2D eigenvalue weighted by Crippen LogP contribution is -2.58. The zero-order valence-electron chi connectivity index (χ0n) is 8.27. The fourth-order valence-electron chi connectivity index (χ4n) is 0.865. The molecule has 0 atom stereocenters. The quantitative estimate of drug-likeness (QED) is 0.603. The number of rotatable bonds is 0. The first-order valence-corrected chi connectivity index (χ1v) is 6.57. The van der Waals surface area contributed by atoms with E-state index in [0.29, 0.717) is 0 Å². The van der Waals surface area contributed by atoms with E-state index in [4.69, 9.17) is 0 Å². The van der Waals surface area contributed by atoms with Gasteiger partial charge >= 0.3 is 10.4 Å². The molecule has 8 heteroatoms. The molecule has 0 unspecified atom stereocenters. The van der Waals surface area contributed by atoms with Crippen molar-refractivity contribution >= 4 is 20.5 Å². The smallest absolute Gasteiger partial charge is 0.240 e. The van der Waals surface area contributed by atoms with E-state index in [1.807, 2.05) is 0 Å². The molecule has 0 aromatic rings. The van der Waals surface area contributed by atoms with Crippen LogP contribution in [-0.2, 0) is 28.3 Å². The minimum Gasteiger partial charge on any atom is -0.240 e. The van der Waals surface area contributed by atoms with Crippen LogP contribution in [0.15, 0.2) is 0 Å². The molecule has 0 bridgehead atoms. The molecule has 0 N–H and O–H groups in total. The fraction of sp³-hybridized carbons (Fsp3) is 1.00. The van der Waals surface area contributed by atoms with Crippen molar-refractivity contribution in [2.24, 2.45) is 0 Å². The Bertz CT molecular complexity index is 441. The second-order valence-corrected chi connectivity index (χ2v) is 7.49. The van der Waals surface area contributed by atoms with Crippen LogP contribution in [0.5, 0.6) is 0 Å². The van der Waals surface area contributed by atoms with Crippen molar-refractivity contribution in [3.8, 4) is 0 Å². The van der Waals surface area contributed by atoms with Crippen molar-refractivity contribution in [2.75, 3.05) is 0 Å². The summed E-state index contributed by atoms with van der Waals surface area (Å²) in [5, 5.41) is 0. The Morgan fingerprint density at radius 2 is 1.36 bits per heavy atom. The topological polar surface area (TPSA) is 86.7 Å². The van der Waals surface area contributed by atoms with Crippen LogP contribution in [0.4, 0.5) is 0 Å². The van der Waals surface area contributed by atoms with E-state index < -0.39 is 30.9 Å². The Hall–Kier alpha value is -0.180. The summed E-state index contributed by atoms with van der Waals surface area (Å²) in [6, 6.07) is 0. The molecule has 0 aromatic heterocycles. The van der Waals surface area contributed by atoms with Crippen LogP contribution in [0, 0.1) is 0 Å². The molecule has 0 aliphatic carbocycles. The summed E-state index contributed by atoms with van der Waals surface area (Å²) in [6.07, 6.45) is 0. The fourth-order valence-corrected chi connectivity index (χ4v) is 3.95. The second-order valence-electron chi connectivity index (χ2n) is 4.03. The van der Waals surface area contributed by atoms with Crippen molar-refractivity contribution < 1.29 is 24.6 Å². The molecule has 0 aromatic carbocycles. The maximum atomic E-state index is 11.5. The first-order chi connectivity index (χ1) is 5.91. The van der Waals surface area contributed by atoms with E-state index in [0.717, 1.165) is 0 Å². The van der Waals surface area contributed by atoms with Crippen LogP contribution in [-0.4, -0.2) is 27.2 Å². The highest BCUT2D eigenvalue weighted by Crippen LogP contribution is 2.40.